The number of pyridine rings is 1. The highest BCUT2D eigenvalue weighted by Crippen LogP contribution is 2.36. The van der Waals surface area contributed by atoms with Crippen LogP contribution in [0.25, 0.3) is 11.0 Å². The van der Waals surface area contributed by atoms with Gasteiger partial charge in [0.15, 0.2) is 0 Å². The number of aromatic amines is 1. The van der Waals surface area contributed by atoms with Crippen LogP contribution in [0.4, 0.5) is 5.69 Å². The van der Waals surface area contributed by atoms with E-state index in [4.69, 9.17) is 16.3 Å². The van der Waals surface area contributed by atoms with Gasteiger partial charge in [-0.2, -0.15) is 0 Å². The molecule has 2 N–H and O–H groups in total. The van der Waals surface area contributed by atoms with Gasteiger partial charge in [-0.05, 0) is 60.7 Å². The van der Waals surface area contributed by atoms with Crippen molar-refractivity contribution in [3.63, 3.8) is 0 Å². The second kappa shape index (κ2) is 7.96. The Balaban J connectivity index is 1.68. The number of benzene rings is 2. The van der Waals surface area contributed by atoms with Crippen LogP contribution < -0.4 is 10.1 Å². The van der Waals surface area contributed by atoms with Crippen molar-refractivity contribution < 1.29 is 9.53 Å². The van der Waals surface area contributed by atoms with Gasteiger partial charge in [-0.1, -0.05) is 23.4 Å². The van der Waals surface area contributed by atoms with Crippen LogP contribution in [-0.4, -0.2) is 23.0 Å². The lowest BCUT2D eigenvalue weighted by Gasteiger charge is -2.08. The molecule has 5 nitrogen and oxygen atoms in total. The Hall–Kier alpha value is -2.96. The number of nitrogens with zero attached hydrogens (tertiary/aromatic N) is 1. The zero-order valence-corrected chi connectivity index (χ0v) is 16.5. The number of amides is 1. The normalized spacial score (nSPS) is 10.8. The molecule has 0 unspecified atom stereocenters. The summed E-state index contributed by atoms with van der Waals surface area (Å²) in [7, 11) is 1.60. The number of fused-ring (bicyclic) bond motifs is 1. The van der Waals surface area contributed by atoms with Crippen LogP contribution in [0.15, 0.2) is 76.7 Å². The van der Waals surface area contributed by atoms with E-state index in [-0.39, 0.29) is 5.91 Å². The minimum absolute atomic E-state index is 0.236. The van der Waals surface area contributed by atoms with Crippen LogP contribution in [0.1, 0.15) is 10.5 Å². The fraction of sp³-hybridized carbons (Fsp3) is 0.0476. The van der Waals surface area contributed by atoms with Crippen molar-refractivity contribution in [3.8, 4) is 5.75 Å². The summed E-state index contributed by atoms with van der Waals surface area (Å²) >= 11 is 7.48. The molecule has 0 saturated heterocycles. The molecular formula is C21H16ClN3O2S. The zero-order valence-electron chi connectivity index (χ0n) is 14.9. The minimum Gasteiger partial charge on any atom is -0.497 e. The van der Waals surface area contributed by atoms with Crippen LogP contribution >= 0.6 is 23.4 Å². The summed E-state index contributed by atoms with van der Waals surface area (Å²) in [5, 5.41) is 4.48. The van der Waals surface area contributed by atoms with Gasteiger partial charge in [0.05, 0.1) is 12.0 Å². The predicted molar refractivity (Wildman–Crippen MR) is 113 cm³/mol. The average Bonchev–Trinajstić information content (AvgIpc) is 3.09. The Bertz CT molecular complexity index is 1120. The number of nitrogens with one attached hydrogen (secondary N) is 2. The third-order valence-electron chi connectivity index (χ3n) is 4.13. The van der Waals surface area contributed by atoms with Gasteiger partial charge in [0.25, 0.3) is 5.91 Å². The molecule has 0 aliphatic carbocycles. The lowest BCUT2D eigenvalue weighted by atomic mass is 10.2. The Kier molecular flexibility index (Phi) is 5.23. The summed E-state index contributed by atoms with van der Waals surface area (Å²) in [6.45, 7) is 0. The molecule has 2 aromatic carbocycles. The van der Waals surface area contributed by atoms with Crippen molar-refractivity contribution in [2.75, 3.05) is 12.4 Å². The number of aromatic nitrogens is 2. The first-order valence-corrected chi connectivity index (χ1v) is 9.69. The fourth-order valence-corrected chi connectivity index (χ4v) is 3.91. The van der Waals surface area contributed by atoms with E-state index < -0.39 is 0 Å². The summed E-state index contributed by atoms with van der Waals surface area (Å²) in [4.78, 5) is 22.3. The maximum atomic E-state index is 13.0. The van der Waals surface area contributed by atoms with E-state index in [0.29, 0.717) is 22.1 Å². The summed E-state index contributed by atoms with van der Waals surface area (Å²) < 4.78 is 5.15. The number of hydrogen-bond acceptors (Lipinski definition) is 4. The Labute approximate surface area is 171 Å². The Morgan fingerprint density at radius 1 is 1.11 bits per heavy atom. The number of H-pyrrole nitrogens is 1. The lowest BCUT2D eigenvalue weighted by molar-refractivity contribution is 0.102. The van der Waals surface area contributed by atoms with Gasteiger partial charge < -0.3 is 15.0 Å². The van der Waals surface area contributed by atoms with E-state index >= 15 is 0 Å². The molecule has 0 aliphatic heterocycles. The SMILES string of the molecule is COc1ccc(NC(=O)c2[nH]c3ncccc3c2Sc2ccc(Cl)cc2)cc1. The van der Waals surface area contributed by atoms with Crippen LogP contribution in [0.3, 0.4) is 0 Å². The number of hydrogen-bond donors (Lipinski definition) is 2. The largest absolute Gasteiger partial charge is 0.497 e. The molecule has 2 heterocycles. The molecule has 0 atom stereocenters. The first kappa shape index (κ1) is 18.4. The summed E-state index contributed by atoms with van der Waals surface area (Å²) in [5.41, 5.74) is 1.81. The number of methoxy groups -OCH3 is 1. The topological polar surface area (TPSA) is 67.0 Å². The van der Waals surface area contributed by atoms with E-state index in [0.717, 1.165) is 20.9 Å². The average molecular weight is 410 g/mol. The second-order valence-electron chi connectivity index (χ2n) is 5.97. The van der Waals surface area contributed by atoms with Crippen LogP contribution in [0, 0.1) is 0 Å². The van der Waals surface area contributed by atoms with Crippen LogP contribution in [0.5, 0.6) is 5.75 Å². The Morgan fingerprint density at radius 2 is 1.86 bits per heavy atom. The molecule has 140 valence electrons. The third-order valence-corrected chi connectivity index (χ3v) is 5.52. The van der Waals surface area contributed by atoms with Crippen LogP contribution in [0.2, 0.25) is 5.02 Å². The number of rotatable bonds is 5. The summed E-state index contributed by atoms with van der Waals surface area (Å²) in [5.74, 6) is 0.492. The van der Waals surface area contributed by atoms with Crippen LogP contribution in [-0.2, 0) is 0 Å². The minimum atomic E-state index is -0.236. The quantitative estimate of drug-likeness (QED) is 0.448. The molecule has 4 aromatic rings. The molecule has 7 heteroatoms. The van der Waals surface area contributed by atoms with E-state index in [9.17, 15) is 4.79 Å². The first-order valence-electron chi connectivity index (χ1n) is 8.49. The highest BCUT2D eigenvalue weighted by atomic mass is 35.5. The smallest absolute Gasteiger partial charge is 0.273 e. The molecule has 0 saturated carbocycles. The molecule has 0 spiro atoms. The van der Waals surface area contributed by atoms with Gasteiger partial charge >= 0.3 is 0 Å². The molecular weight excluding hydrogens is 394 g/mol. The Morgan fingerprint density at radius 3 is 2.57 bits per heavy atom. The monoisotopic (exact) mass is 409 g/mol. The fourth-order valence-electron chi connectivity index (χ4n) is 2.75. The van der Waals surface area contributed by atoms with E-state index in [1.54, 1.807) is 37.6 Å². The third kappa shape index (κ3) is 3.83. The van der Waals surface area contributed by atoms with Gasteiger partial charge in [0.2, 0.25) is 0 Å². The number of anilines is 1. The van der Waals surface area contributed by atoms with E-state index in [1.165, 1.54) is 11.8 Å². The van der Waals surface area contributed by atoms with Gasteiger partial charge in [-0.15, -0.1) is 0 Å². The van der Waals surface area contributed by atoms with Gasteiger partial charge in [-0.25, -0.2) is 4.98 Å². The highest BCUT2D eigenvalue weighted by Gasteiger charge is 2.19. The maximum absolute atomic E-state index is 13.0. The molecule has 0 fully saturated rings. The van der Waals surface area contributed by atoms with Gasteiger partial charge in [0.1, 0.15) is 17.1 Å². The molecule has 0 radical (unpaired) electrons. The van der Waals surface area contributed by atoms with Crippen molar-refractivity contribution in [1.29, 1.82) is 0 Å². The van der Waals surface area contributed by atoms with Gasteiger partial charge in [-0.3, -0.25) is 4.79 Å². The molecule has 0 aliphatic rings. The predicted octanol–water partition coefficient (Wildman–Crippen LogP) is 5.63. The van der Waals surface area contributed by atoms with Crippen molar-refractivity contribution in [1.82, 2.24) is 9.97 Å². The van der Waals surface area contributed by atoms with Crippen molar-refractivity contribution in [2.24, 2.45) is 0 Å². The number of ether oxygens (including phenoxy) is 1. The van der Waals surface area contributed by atoms with Crippen molar-refractivity contribution >= 4 is 46.0 Å². The molecule has 28 heavy (non-hydrogen) atoms. The van der Waals surface area contributed by atoms with Crippen molar-refractivity contribution in [2.45, 2.75) is 9.79 Å². The zero-order chi connectivity index (χ0) is 19.5. The molecule has 2 aromatic heterocycles. The summed E-state index contributed by atoms with van der Waals surface area (Å²) in [6.07, 6.45) is 1.70. The maximum Gasteiger partial charge on any atom is 0.273 e. The number of carbonyl (C=O) groups is 1. The van der Waals surface area contributed by atoms with Gasteiger partial charge in [0, 0.05) is 27.2 Å². The molecule has 0 bridgehead atoms. The van der Waals surface area contributed by atoms with Crippen molar-refractivity contribution in [3.05, 3.63) is 77.6 Å². The van der Waals surface area contributed by atoms with E-state index in [1.807, 2.05) is 36.4 Å². The number of halogens is 1. The standard InChI is InChI=1S/C21H16ClN3O2S/c1-27-15-8-6-14(7-9-15)24-21(26)18-19(17-3-2-12-23-20(17)25-18)28-16-10-4-13(22)5-11-16/h2-12H,1H3,(H,23,25)(H,24,26). The molecule has 1 amide bonds. The highest BCUT2D eigenvalue weighted by molar-refractivity contribution is 7.99. The van der Waals surface area contributed by atoms with E-state index in [2.05, 4.69) is 15.3 Å². The second-order valence-corrected chi connectivity index (χ2v) is 7.49. The summed E-state index contributed by atoms with van der Waals surface area (Å²) in [6, 6.07) is 18.5. The first-order chi connectivity index (χ1) is 13.6. The number of carbonyl (C=O) groups excluding carboxylic acids is 1. The lowest BCUT2D eigenvalue weighted by Crippen LogP contribution is -2.13. The molecule has 4 rings (SSSR count).